The zero-order valence-electron chi connectivity index (χ0n) is 7.38. The number of nitrogens with zero attached hydrogens (tertiary/aromatic N) is 1. The molecule has 0 radical (unpaired) electrons. The molecule has 0 aromatic carbocycles. The Morgan fingerprint density at radius 2 is 2.00 bits per heavy atom. The maximum atomic E-state index is 10.9. The lowest BCUT2D eigenvalue weighted by atomic mass is 10.3. The maximum Gasteiger partial charge on any atom is 0.325 e. The van der Waals surface area contributed by atoms with Crippen LogP contribution in [-0.4, -0.2) is 38.7 Å². The van der Waals surface area contributed by atoms with Crippen LogP contribution in [-0.2, 0) is 9.36 Å². The molecule has 0 aromatic rings. The van der Waals surface area contributed by atoms with Gasteiger partial charge in [-0.2, -0.15) is 0 Å². The molecule has 0 saturated heterocycles. The van der Waals surface area contributed by atoms with Crippen molar-refractivity contribution in [1.82, 2.24) is 5.06 Å². The van der Waals surface area contributed by atoms with E-state index >= 15 is 0 Å². The fourth-order valence-electron chi connectivity index (χ4n) is 0.742. The summed E-state index contributed by atoms with van der Waals surface area (Å²) >= 11 is 0. The van der Waals surface area contributed by atoms with Crippen LogP contribution >= 0.6 is 7.60 Å². The lowest BCUT2D eigenvalue weighted by Gasteiger charge is -2.11. The average Bonchev–Trinajstić information content (AvgIpc) is 2.00. The van der Waals surface area contributed by atoms with E-state index in [-0.39, 0.29) is 25.5 Å². The smallest absolute Gasteiger partial charge is 0.324 e. The SMILES string of the molecule is CCN(O)C(=O)CCCP(=O)(O)O. The van der Waals surface area contributed by atoms with Crippen molar-refractivity contribution in [2.24, 2.45) is 0 Å². The summed E-state index contributed by atoms with van der Waals surface area (Å²) in [5.41, 5.74) is 0. The highest BCUT2D eigenvalue weighted by Gasteiger charge is 2.15. The third kappa shape index (κ3) is 6.72. The fourth-order valence-corrected chi connectivity index (χ4v) is 1.31. The van der Waals surface area contributed by atoms with E-state index in [9.17, 15) is 9.36 Å². The average molecular weight is 211 g/mol. The molecule has 0 atom stereocenters. The van der Waals surface area contributed by atoms with Crippen molar-refractivity contribution >= 4 is 13.5 Å². The minimum atomic E-state index is -4.01. The van der Waals surface area contributed by atoms with Gasteiger partial charge in [0.15, 0.2) is 0 Å². The molecule has 0 heterocycles. The molecule has 13 heavy (non-hydrogen) atoms. The van der Waals surface area contributed by atoms with E-state index in [0.29, 0.717) is 5.06 Å². The first-order valence-corrected chi connectivity index (χ1v) is 5.70. The summed E-state index contributed by atoms with van der Waals surface area (Å²) in [5.74, 6) is -0.518. The van der Waals surface area contributed by atoms with Crippen LogP contribution in [0.3, 0.4) is 0 Å². The monoisotopic (exact) mass is 211 g/mol. The van der Waals surface area contributed by atoms with Crippen molar-refractivity contribution < 1.29 is 24.4 Å². The highest BCUT2D eigenvalue weighted by atomic mass is 31.2. The number of amides is 1. The number of rotatable bonds is 5. The van der Waals surface area contributed by atoms with Gasteiger partial charge in [0, 0.05) is 13.0 Å². The largest absolute Gasteiger partial charge is 0.325 e. The lowest BCUT2D eigenvalue weighted by molar-refractivity contribution is -0.164. The summed E-state index contributed by atoms with van der Waals surface area (Å²) in [5, 5.41) is 9.37. The minimum Gasteiger partial charge on any atom is -0.324 e. The lowest BCUT2D eigenvalue weighted by Crippen LogP contribution is -2.26. The van der Waals surface area contributed by atoms with Crippen LogP contribution < -0.4 is 0 Å². The normalized spacial score (nSPS) is 11.4. The number of hydrogen-bond acceptors (Lipinski definition) is 3. The summed E-state index contributed by atoms with van der Waals surface area (Å²) in [6.45, 7) is 1.77. The van der Waals surface area contributed by atoms with Gasteiger partial charge in [0.25, 0.3) is 0 Å². The molecule has 0 aromatic heterocycles. The summed E-state index contributed by atoms with van der Waals surface area (Å²) < 4.78 is 10.4. The Hall–Kier alpha value is -0.420. The molecular formula is C6H14NO5P. The van der Waals surface area contributed by atoms with Crippen LogP contribution in [0.15, 0.2) is 0 Å². The van der Waals surface area contributed by atoms with Crippen LogP contribution in [0.4, 0.5) is 0 Å². The first-order chi connectivity index (χ1) is 5.87. The van der Waals surface area contributed by atoms with Gasteiger partial charge >= 0.3 is 7.60 Å². The highest BCUT2D eigenvalue weighted by molar-refractivity contribution is 7.51. The second kappa shape index (κ2) is 5.34. The van der Waals surface area contributed by atoms with E-state index in [0.717, 1.165) is 0 Å². The molecule has 7 heteroatoms. The zero-order valence-corrected chi connectivity index (χ0v) is 8.28. The fraction of sp³-hybridized carbons (Fsp3) is 0.833. The van der Waals surface area contributed by atoms with Crippen LogP contribution in [0.5, 0.6) is 0 Å². The van der Waals surface area contributed by atoms with Crippen molar-refractivity contribution in [1.29, 1.82) is 0 Å². The van der Waals surface area contributed by atoms with Crippen molar-refractivity contribution in [3.63, 3.8) is 0 Å². The Labute approximate surface area is 76.3 Å². The molecule has 78 valence electrons. The standard InChI is InChI=1S/C6H14NO5P/c1-2-7(9)6(8)4-3-5-13(10,11)12/h9H,2-5H2,1H3,(H2,10,11,12). The molecule has 0 spiro atoms. The van der Waals surface area contributed by atoms with Gasteiger partial charge in [-0.25, -0.2) is 5.06 Å². The van der Waals surface area contributed by atoms with E-state index in [1.807, 2.05) is 0 Å². The number of carbonyl (C=O) groups is 1. The topological polar surface area (TPSA) is 98.1 Å². The molecule has 6 nitrogen and oxygen atoms in total. The number of hydroxylamine groups is 2. The van der Waals surface area contributed by atoms with Gasteiger partial charge < -0.3 is 9.79 Å². The van der Waals surface area contributed by atoms with Crippen molar-refractivity contribution in [3.8, 4) is 0 Å². The molecule has 0 fully saturated rings. The van der Waals surface area contributed by atoms with Crippen molar-refractivity contribution in [2.45, 2.75) is 19.8 Å². The minimum absolute atomic E-state index is 0.0462. The quantitative estimate of drug-likeness (QED) is 0.342. The van der Waals surface area contributed by atoms with Crippen molar-refractivity contribution in [3.05, 3.63) is 0 Å². The van der Waals surface area contributed by atoms with E-state index in [1.165, 1.54) is 0 Å². The first kappa shape index (κ1) is 12.6. The van der Waals surface area contributed by atoms with Gasteiger partial charge in [-0.3, -0.25) is 14.6 Å². The van der Waals surface area contributed by atoms with Crippen LogP contribution in [0.1, 0.15) is 19.8 Å². The van der Waals surface area contributed by atoms with Gasteiger partial charge in [0.1, 0.15) is 0 Å². The molecule has 0 aliphatic carbocycles. The molecular weight excluding hydrogens is 197 g/mol. The molecule has 0 saturated carbocycles. The Morgan fingerprint density at radius 3 is 2.38 bits per heavy atom. The van der Waals surface area contributed by atoms with Gasteiger partial charge in [0.05, 0.1) is 6.16 Å². The van der Waals surface area contributed by atoms with Crippen molar-refractivity contribution in [2.75, 3.05) is 12.7 Å². The van der Waals surface area contributed by atoms with E-state index in [2.05, 4.69) is 0 Å². The molecule has 1 amide bonds. The maximum absolute atomic E-state index is 10.9. The van der Waals surface area contributed by atoms with Gasteiger partial charge in [-0.15, -0.1) is 0 Å². The summed E-state index contributed by atoms with van der Waals surface area (Å²) in [7, 11) is -4.01. The predicted octanol–water partition coefficient (Wildman–Crippen LogP) is 0.182. The van der Waals surface area contributed by atoms with Crippen LogP contribution in [0.2, 0.25) is 0 Å². The summed E-state index contributed by atoms with van der Waals surface area (Å²) in [6, 6.07) is 0. The van der Waals surface area contributed by atoms with E-state index in [1.54, 1.807) is 6.92 Å². The predicted molar refractivity (Wildman–Crippen MR) is 45.3 cm³/mol. The molecule has 0 bridgehead atoms. The third-order valence-electron chi connectivity index (χ3n) is 1.43. The molecule has 0 unspecified atom stereocenters. The second-order valence-electron chi connectivity index (χ2n) is 2.60. The van der Waals surface area contributed by atoms with E-state index < -0.39 is 13.5 Å². The molecule has 0 rings (SSSR count). The molecule has 0 aliphatic heterocycles. The first-order valence-electron chi connectivity index (χ1n) is 3.90. The Kier molecular flexibility index (Phi) is 5.17. The highest BCUT2D eigenvalue weighted by Crippen LogP contribution is 2.35. The van der Waals surface area contributed by atoms with Gasteiger partial charge in [-0.05, 0) is 13.3 Å². The van der Waals surface area contributed by atoms with Crippen LogP contribution in [0, 0.1) is 0 Å². The number of hydrogen-bond donors (Lipinski definition) is 3. The van der Waals surface area contributed by atoms with Gasteiger partial charge in [-0.1, -0.05) is 0 Å². The third-order valence-corrected chi connectivity index (χ3v) is 2.33. The Balaban J connectivity index is 3.66. The Bertz CT molecular complexity index is 213. The number of carbonyl (C=O) groups excluding carboxylic acids is 1. The van der Waals surface area contributed by atoms with Crippen LogP contribution in [0.25, 0.3) is 0 Å². The molecule has 0 aliphatic rings. The summed E-state index contributed by atoms with van der Waals surface area (Å²) in [6.07, 6.45) is -0.286. The van der Waals surface area contributed by atoms with E-state index in [4.69, 9.17) is 15.0 Å². The molecule has 3 N–H and O–H groups in total. The zero-order chi connectivity index (χ0) is 10.5. The van der Waals surface area contributed by atoms with Gasteiger partial charge in [0.2, 0.25) is 5.91 Å². The summed E-state index contributed by atoms with van der Waals surface area (Å²) in [4.78, 5) is 27.8. The Morgan fingerprint density at radius 1 is 1.46 bits per heavy atom. The second-order valence-corrected chi connectivity index (χ2v) is 4.38.